The molecule has 2 N–H and O–H groups in total. The SMILES string of the molecule is COC(=O)C1(c2ccc(O)c(C(C)=NO)c2)CC1. The van der Waals surface area contributed by atoms with Gasteiger partial charge in [0.2, 0.25) is 0 Å². The predicted molar refractivity (Wildman–Crippen MR) is 65.0 cm³/mol. The summed E-state index contributed by atoms with van der Waals surface area (Å²) < 4.78 is 4.81. The van der Waals surface area contributed by atoms with Crippen molar-refractivity contribution in [2.45, 2.75) is 25.2 Å². The van der Waals surface area contributed by atoms with Crippen LogP contribution < -0.4 is 0 Å². The summed E-state index contributed by atoms with van der Waals surface area (Å²) in [6.45, 7) is 1.58. The number of carbonyl (C=O) groups excluding carboxylic acids is 1. The Balaban J connectivity index is 2.45. The normalized spacial score (nSPS) is 17.3. The van der Waals surface area contributed by atoms with Gasteiger partial charge in [-0.1, -0.05) is 11.2 Å². The number of hydrogen-bond acceptors (Lipinski definition) is 5. The fourth-order valence-electron chi connectivity index (χ4n) is 2.11. The number of benzene rings is 1. The number of carbonyl (C=O) groups is 1. The number of ether oxygens (including phenoxy) is 1. The Labute approximate surface area is 105 Å². The lowest BCUT2D eigenvalue weighted by atomic mass is 9.93. The lowest BCUT2D eigenvalue weighted by molar-refractivity contribution is -0.143. The van der Waals surface area contributed by atoms with Gasteiger partial charge in [-0.2, -0.15) is 0 Å². The molecular weight excluding hydrogens is 234 g/mol. The molecule has 0 aromatic heterocycles. The van der Waals surface area contributed by atoms with Crippen LogP contribution in [-0.2, 0) is 14.9 Å². The summed E-state index contributed by atoms with van der Waals surface area (Å²) in [5.74, 6) is -0.243. The van der Waals surface area contributed by atoms with Gasteiger partial charge in [-0.05, 0) is 37.5 Å². The van der Waals surface area contributed by atoms with Gasteiger partial charge in [0.1, 0.15) is 5.75 Å². The lowest BCUT2D eigenvalue weighted by Gasteiger charge is -2.14. The summed E-state index contributed by atoms with van der Waals surface area (Å²) in [4.78, 5) is 11.8. The Kier molecular flexibility index (Phi) is 2.98. The van der Waals surface area contributed by atoms with Gasteiger partial charge >= 0.3 is 5.97 Å². The van der Waals surface area contributed by atoms with Crippen molar-refractivity contribution in [2.75, 3.05) is 7.11 Å². The molecule has 0 amide bonds. The van der Waals surface area contributed by atoms with Crippen LogP contribution in [-0.4, -0.2) is 29.1 Å². The minimum atomic E-state index is -0.590. The first kappa shape index (κ1) is 12.4. The maximum Gasteiger partial charge on any atom is 0.316 e. The standard InChI is InChI=1S/C13H15NO4/c1-8(14-17)10-7-9(3-4-11(10)15)13(5-6-13)12(16)18-2/h3-4,7,15,17H,5-6H2,1-2H3. The number of aromatic hydroxyl groups is 1. The minimum absolute atomic E-state index is 0.0229. The van der Waals surface area contributed by atoms with Crippen molar-refractivity contribution in [3.63, 3.8) is 0 Å². The molecule has 18 heavy (non-hydrogen) atoms. The molecule has 0 heterocycles. The van der Waals surface area contributed by atoms with Crippen LogP contribution in [0.4, 0.5) is 0 Å². The van der Waals surface area contributed by atoms with E-state index in [9.17, 15) is 9.90 Å². The first-order chi connectivity index (χ1) is 8.55. The monoisotopic (exact) mass is 249 g/mol. The summed E-state index contributed by atoms with van der Waals surface area (Å²) in [6, 6.07) is 4.88. The highest BCUT2D eigenvalue weighted by atomic mass is 16.5. The third-order valence-electron chi connectivity index (χ3n) is 3.42. The second-order valence-corrected chi connectivity index (χ2v) is 4.49. The predicted octanol–water partition coefficient (Wildman–Crippen LogP) is 1.79. The highest BCUT2D eigenvalue weighted by Gasteiger charge is 2.52. The molecule has 0 radical (unpaired) electrons. The zero-order chi connectivity index (χ0) is 13.3. The zero-order valence-electron chi connectivity index (χ0n) is 10.3. The summed E-state index contributed by atoms with van der Waals surface area (Å²) in [6.07, 6.45) is 1.47. The molecule has 0 atom stereocenters. The van der Waals surface area contributed by atoms with Crippen LogP contribution in [0, 0.1) is 0 Å². The Morgan fingerprint density at radius 3 is 2.61 bits per heavy atom. The van der Waals surface area contributed by atoms with E-state index in [-0.39, 0.29) is 11.7 Å². The molecule has 0 saturated heterocycles. The fourth-order valence-corrected chi connectivity index (χ4v) is 2.11. The van der Waals surface area contributed by atoms with Crippen LogP contribution in [0.15, 0.2) is 23.4 Å². The highest BCUT2D eigenvalue weighted by Crippen LogP contribution is 2.49. The van der Waals surface area contributed by atoms with Crippen molar-refractivity contribution in [3.05, 3.63) is 29.3 Å². The lowest BCUT2D eigenvalue weighted by Crippen LogP contribution is -2.22. The quantitative estimate of drug-likeness (QED) is 0.370. The molecule has 1 fully saturated rings. The number of phenols is 1. The van der Waals surface area contributed by atoms with Crippen LogP contribution in [0.25, 0.3) is 0 Å². The molecule has 5 nitrogen and oxygen atoms in total. The van der Waals surface area contributed by atoms with E-state index in [0.29, 0.717) is 11.3 Å². The molecule has 1 aliphatic rings. The number of methoxy groups -OCH3 is 1. The smallest absolute Gasteiger partial charge is 0.316 e. The van der Waals surface area contributed by atoms with Gasteiger partial charge in [-0.15, -0.1) is 0 Å². The topological polar surface area (TPSA) is 79.1 Å². The Morgan fingerprint density at radius 2 is 2.11 bits per heavy atom. The van der Waals surface area contributed by atoms with E-state index in [1.807, 2.05) is 0 Å². The Hall–Kier alpha value is -2.04. The molecule has 1 aromatic rings. The van der Waals surface area contributed by atoms with Crippen molar-refractivity contribution in [3.8, 4) is 5.75 Å². The van der Waals surface area contributed by atoms with Gasteiger partial charge in [-0.25, -0.2) is 0 Å². The molecular formula is C13H15NO4. The number of nitrogens with zero attached hydrogens (tertiary/aromatic N) is 1. The summed E-state index contributed by atoms with van der Waals surface area (Å²) in [7, 11) is 1.37. The molecule has 1 aliphatic carbocycles. The molecule has 1 aromatic carbocycles. The Bertz CT molecular complexity index is 518. The summed E-state index contributed by atoms with van der Waals surface area (Å²) in [5, 5.41) is 21.5. The van der Waals surface area contributed by atoms with Crippen LogP contribution in [0.1, 0.15) is 30.9 Å². The van der Waals surface area contributed by atoms with Crippen LogP contribution in [0.2, 0.25) is 0 Å². The highest BCUT2D eigenvalue weighted by molar-refractivity contribution is 6.01. The van der Waals surface area contributed by atoms with Gasteiger partial charge in [0, 0.05) is 5.56 Å². The number of esters is 1. The molecule has 0 unspecified atom stereocenters. The van der Waals surface area contributed by atoms with E-state index in [1.165, 1.54) is 13.2 Å². The van der Waals surface area contributed by atoms with Gasteiger partial charge < -0.3 is 15.1 Å². The van der Waals surface area contributed by atoms with Crippen molar-refractivity contribution in [1.82, 2.24) is 0 Å². The third-order valence-corrected chi connectivity index (χ3v) is 3.42. The largest absolute Gasteiger partial charge is 0.507 e. The maximum atomic E-state index is 11.8. The molecule has 1 saturated carbocycles. The summed E-state index contributed by atoms with van der Waals surface area (Å²) >= 11 is 0. The number of phenolic OH excluding ortho intramolecular Hbond substituents is 1. The molecule has 0 aliphatic heterocycles. The van der Waals surface area contributed by atoms with E-state index in [4.69, 9.17) is 9.94 Å². The molecule has 2 rings (SSSR count). The number of hydrogen-bond donors (Lipinski definition) is 2. The van der Waals surface area contributed by atoms with E-state index in [1.54, 1.807) is 19.1 Å². The first-order valence-corrected chi connectivity index (χ1v) is 5.66. The van der Waals surface area contributed by atoms with Gasteiger partial charge in [0.15, 0.2) is 0 Å². The first-order valence-electron chi connectivity index (χ1n) is 5.66. The Morgan fingerprint density at radius 1 is 1.44 bits per heavy atom. The van der Waals surface area contributed by atoms with Crippen molar-refractivity contribution in [1.29, 1.82) is 0 Å². The number of rotatable bonds is 3. The van der Waals surface area contributed by atoms with Crippen LogP contribution >= 0.6 is 0 Å². The summed E-state index contributed by atoms with van der Waals surface area (Å²) in [5.41, 5.74) is 0.915. The van der Waals surface area contributed by atoms with Gasteiger partial charge in [0.25, 0.3) is 0 Å². The van der Waals surface area contributed by atoms with E-state index < -0.39 is 5.41 Å². The third kappa shape index (κ3) is 1.81. The van der Waals surface area contributed by atoms with Gasteiger partial charge in [0.05, 0.1) is 18.2 Å². The maximum absolute atomic E-state index is 11.8. The van der Waals surface area contributed by atoms with Crippen LogP contribution in [0.5, 0.6) is 5.75 Å². The number of oxime groups is 1. The molecule has 0 bridgehead atoms. The van der Waals surface area contributed by atoms with Crippen LogP contribution in [0.3, 0.4) is 0 Å². The zero-order valence-corrected chi connectivity index (χ0v) is 10.3. The second kappa shape index (κ2) is 4.33. The average molecular weight is 249 g/mol. The molecule has 96 valence electrons. The van der Waals surface area contributed by atoms with E-state index in [2.05, 4.69) is 5.16 Å². The van der Waals surface area contributed by atoms with E-state index >= 15 is 0 Å². The second-order valence-electron chi connectivity index (χ2n) is 4.49. The van der Waals surface area contributed by atoms with Crippen molar-refractivity contribution in [2.24, 2.45) is 5.16 Å². The van der Waals surface area contributed by atoms with Gasteiger partial charge in [-0.3, -0.25) is 4.79 Å². The molecule has 5 heteroatoms. The average Bonchev–Trinajstić information content (AvgIpc) is 3.19. The molecule has 0 spiro atoms. The fraction of sp³-hybridized carbons (Fsp3) is 0.385. The van der Waals surface area contributed by atoms with Crippen molar-refractivity contribution < 1.29 is 19.8 Å². The van der Waals surface area contributed by atoms with E-state index in [0.717, 1.165) is 18.4 Å². The van der Waals surface area contributed by atoms with Crippen molar-refractivity contribution >= 4 is 11.7 Å². The minimum Gasteiger partial charge on any atom is -0.507 e.